The van der Waals surface area contributed by atoms with E-state index in [2.05, 4.69) is 25.5 Å². The maximum Gasteiger partial charge on any atom is 0.248 e. The summed E-state index contributed by atoms with van der Waals surface area (Å²) in [7, 11) is 0. The number of unbranched alkanes of at least 4 members (excludes halogenated alkanes) is 1. The first-order valence-corrected chi connectivity index (χ1v) is 12.8. The lowest BCUT2D eigenvalue weighted by Crippen LogP contribution is -2.30. The predicted molar refractivity (Wildman–Crippen MR) is 143 cm³/mol. The van der Waals surface area contributed by atoms with Crippen molar-refractivity contribution in [1.82, 2.24) is 14.9 Å². The van der Waals surface area contributed by atoms with Crippen LogP contribution in [0.3, 0.4) is 0 Å². The first kappa shape index (κ1) is 26.8. The molecule has 10 heteroatoms. The molecule has 2 aromatic carbocycles. The van der Waals surface area contributed by atoms with E-state index >= 15 is 0 Å². The van der Waals surface area contributed by atoms with Crippen LogP contribution in [0, 0.1) is 5.82 Å². The van der Waals surface area contributed by atoms with E-state index in [0.717, 1.165) is 32.5 Å². The number of carbonyl (C=O) groups is 1. The van der Waals surface area contributed by atoms with Gasteiger partial charge < -0.3 is 20.3 Å². The summed E-state index contributed by atoms with van der Waals surface area (Å²) in [6.45, 7) is 2.51. The van der Waals surface area contributed by atoms with Gasteiger partial charge in [0.2, 0.25) is 5.91 Å². The molecule has 4 rings (SSSR count). The number of halogens is 3. The largest absolute Gasteiger partial charge is 0.489 e. The van der Waals surface area contributed by atoms with Crippen LogP contribution in [0.15, 0.2) is 48.8 Å². The first-order valence-electron chi connectivity index (χ1n) is 12.4. The molecule has 0 unspecified atom stereocenters. The standard InChI is InChI=1S/C27H30ClF2N5O2/c28-21-15-19(8-9-22(21)30)33-27-20-16-24(25(37-14-10-29)17-23(20)31-18-32-27)34-26(36)7-3-1-4-11-35-12-5-2-6-13-35/h3,7-9,15-18H,1-2,4-6,10-14H2,(H,34,36)(H,31,32,33)/b7-3+. The van der Waals surface area contributed by atoms with E-state index in [1.807, 2.05) is 6.08 Å². The SMILES string of the molecule is O=C(/C=C/CCCN1CCCCC1)Nc1cc2c(Nc3ccc(F)c(Cl)c3)ncnc2cc1OCCF. The van der Waals surface area contributed by atoms with E-state index in [-0.39, 0.29) is 17.5 Å². The summed E-state index contributed by atoms with van der Waals surface area (Å²) < 4.78 is 31.9. The average Bonchev–Trinajstić information content (AvgIpc) is 2.90. The molecule has 0 atom stereocenters. The van der Waals surface area contributed by atoms with Gasteiger partial charge in [-0.3, -0.25) is 4.79 Å². The van der Waals surface area contributed by atoms with Gasteiger partial charge in [0.05, 0.1) is 16.2 Å². The van der Waals surface area contributed by atoms with Crippen LogP contribution in [0.25, 0.3) is 10.9 Å². The molecule has 0 spiro atoms. The lowest BCUT2D eigenvalue weighted by atomic mass is 10.1. The van der Waals surface area contributed by atoms with Crippen molar-refractivity contribution < 1.29 is 18.3 Å². The van der Waals surface area contributed by atoms with Crippen LogP contribution in [-0.4, -0.2) is 53.7 Å². The summed E-state index contributed by atoms with van der Waals surface area (Å²) in [4.78, 5) is 23.7. The Morgan fingerprint density at radius 1 is 1.16 bits per heavy atom. The smallest absolute Gasteiger partial charge is 0.248 e. The van der Waals surface area contributed by atoms with Crippen LogP contribution in [0.4, 0.5) is 26.0 Å². The van der Waals surface area contributed by atoms with Crippen molar-refractivity contribution in [2.75, 3.05) is 43.5 Å². The monoisotopic (exact) mass is 529 g/mol. The number of nitrogens with one attached hydrogen (secondary N) is 2. The molecule has 0 radical (unpaired) electrons. The molecule has 2 N–H and O–H groups in total. The molecule has 7 nitrogen and oxygen atoms in total. The highest BCUT2D eigenvalue weighted by atomic mass is 35.5. The summed E-state index contributed by atoms with van der Waals surface area (Å²) in [6, 6.07) is 7.52. The molecule has 1 fully saturated rings. The first-order chi connectivity index (χ1) is 18.0. The van der Waals surface area contributed by atoms with Crippen LogP contribution in [0.5, 0.6) is 5.75 Å². The third-order valence-electron chi connectivity index (χ3n) is 6.07. The number of alkyl halides is 1. The van der Waals surface area contributed by atoms with Crippen LogP contribution in [0.1, 0.15) is 32.1 Å². The zero-order chi connectivity index (χ0) is 26.0. The van der Waals surface area contributed by atoms with Crippen LogP contribution in [-0.2, 0) is 4.79 Å². The number of hydrogen-bond donors (Lipinski definition) is 2. The summed E-state index contributed by atoms with van der Waals surface area (Å²) in [5.74, 6) is -0.127. The lowest BCUT2D eigenvalue weighted by molar-refractivity contribution is -0.111. The van der Waals surface area contributed by atoms with Gasteiger partial charge in [-0.05, 0) is 75.7 Å². The molecule has 37 heavy (non-hydrogen) atoms. The number of hydrogen-bond acceptors (Lipinski definition) is 6. The fraction of sp³-hybridized carbons (Fsp3) is 0.370. The van der Waals surface area contributed by atoms with E-state index in [1.165, 1.54) is 49.9 Å². The molecule has 1 aromatic heterocycles. The zero-order valence-electron chi connectivity index (χ0n) is 20.5. The molecule has 1 amide bonds. The molecule has 1 aliphatic rings. The van der Waals surface area contributed by atoms with E-state index < -0.39 is 12.5 Å². The molecule has 2 heterocycles. The third kappa shape index (κ3) is 7.60. The van der Waals surface area contributed by atoms with Crippen LogP contribution >= 0.6 is 11.6 Å². The number of likely N-dealkylation sites (tertiary alicyclic amines) is 1. The number of allylic oxidation sites excluding steroid dienone is 1. The molecule has 1 saturated heterocycles. The Balaban J connectivity index is 1.48. The van der Waals surface area contributed by atoms with Crippen LogP contribution in [0.2, 0.25) is 5.02 Å². The van der Waals surface area contributed by atoms with E-state index in [0.29, 0.717) is 33.8 Å². The molecule has 0 bridgehead atoms. The number of rotatable bonds is 11. The second-order valence-corrected chi connectivity index (χ2v) is 9.22. The quantitative estimate of drug-likeness (QED) is 0.225. The third-order valence-corrected chi connectivity index (χ3v) is 6.36. The topological polar surface area (TPSA) is 79.4 Å². The van der Waals surface area contributed by atoms with Gasteiger partial charge >= 0.3 is 0 Å². The lowest BCUT2D eigenvalue weighted by Gasteiger charge is -2.25. The summed E-state index contributed by atoms with van der Waals surface area (Å²) in [6.07, 6.45) is 10.3. The Labute approximate surface area is 219 Å². The van der Waals surface area contributed by atoms with Gasteiger partial charge in [-0.1, -0.05) is 24.1 Å². The number of carbonyl (C=O) groups excluding carboxylic acids is 1. The number of nitrogens with zero attached hydrogens (tertiary/aromatic N) is 3. The molecule has 3 aromatic rings. The second-order valence-electron chi connectivity index (χ2n) is 8.82. The zero-order valence-corrected chi connectivity index (χ0v) is 21.2. The number of benzene rings is 2. The van der Waals surface area contributed by atoms with Crippen molar-refractivity contribution in [3.05, 3.63) is 59.7 Å². The Morgan fingerprint density at radius 3 is 2.78 bits per heavy atom. The fourth-order valence-electron chi connectivity index (χ4n) is 4.24. The van der Waals surface area contributed by atoms with Gasteiger partial charge in [0.15, 0.2) is 0 Å². The Morgan fingerprint density at radius 2 is 2.00 bits per heavy atom. The number of piperidine rings is 1. The molecule has 196 valence electrons. The fourth-order valence-corrected chi connectivity index (χ4v) is 4.42. The number of amides is 1. The molecular weight excluding hydrogens is 500 g/mol. The Hall–Kier alpha value is -3.30. The maximum atomic E-state index is 13.6. The van der Waals surface area contributed by atoms with Crippen molar-refractivity contribution in [3.8, 4) is 5.75 Å². The maximum absolute atomic E-state index is 13.6. The van der Waals surface area contributed by atoms with Gasteiger partial charge in [0.25, 0.3) is 0 Å². The minimum absolute atomic E-state index is 0.0269. The van der Waals surface area contributed by atoms with Crippen molar-refractivity contribution in [2.24, 2.45) is 0 Å². The minimum atomic E-state index is -0.676. The van der Waals surface area contributed by atoms with Gasteiger partial charge in [-0.2, -0.15) is 0 Å². The number of anilines is 3. The highest BCUT2D eigenvalue weighted by Crippen LogP contribution is 2.34. The second kappa shape index (κ2) is 13.3. The van der Waals surface area contributed by atoms with Gasteiger partial charge in [0.1, 0.15) is 37.0 Å². The molecule has 0 aliphatic carbocycles. The van der Waals surface area contributed by atoms with Crippen LogP contribution < -0.4 is 15.4 Å². The number of fused-ring (bicyclic) bond motifs is 1. The highest BCUT2D eigenvalue weighted by molar-refractivity contribution is 6.31. The Kier molecular flexibility index (Phi) is 9.62. The molecule has 1 aliphatic heterocycles. The Bertz CT molecular complexity index is 1250. The van der Waals surface area contributed by atoms with Gasteiger partial charge in [0, 0.05) is 17.1 Å². The molecule has 0 saturated carbocycles. The summed E-state index contributed by atoms with van der Waals surface area (Å²) in [5, 5.41) is 6.47. The normalized spacial score (nSPS) is 14.2. The van der Waals surface area contributed by atoms with Gasteiger partial charge in [-0.25, -0.2) is 18.7 Å². The minimum Gasteiger partial charge on any atom is -0.489 e. The van der Waals surface area contributed by atoms with E-state index in [1.54, 1.807) is 12.1 Å². The van der Waals surface area contributed by atoms with E-state index in [9.17, 15) is 13.6 Å². The molecular formula is C27H30ClF2N5O2. The van der Waals surface area contributed by atoms with Gasteiger partial charge in [-0.15, -0.1) is 0 Å². The van der Waals surface area contributed by atoms with Crippen molar-refractivity contribution in [3.63, 3.8) is 0 Å². The van der Waals surface area contributed by atoms with Crippen molar-refractivity contribution >= 4 is 45.6 Å². The average molecular weight is 530 g/mol. The van der Waals surface area contributed by atoms with E-state index in [4.69, 9.17) is 16.3 Å². The number of aromatic nitrogens is 2. The number of ether oxygens (including phenoxy) is 1. The predicted octanol–water partition coefficient (Wildman–Crippen LogP) is 6.28. The summed E-state index contributed by atoms with van der Waals surface area (Å²) >= 11 is 5.90. The summed E-state index contributed by atoms with van der Waals surface area (Å²) in [5.41, 5.74) is 1.41. The van der Waals surface area contributed by atoms with Crippen molar-refractivity contribution in [1.29, 1.82) is 0 Å². The highest BCUT2D eigenvalue weighted by Gasteiger charge is 2.14. The van der Waals surface area contributed by atoms with Crippen molar-refractivity contribution in [2.45, 2.75) is 32.1 Å².